The van der Waals surface area contributed by atoms with E-state index in [9.17, 15) is 4.79 Å². The molecule has 1 aliphatic rings. The third-order valence-electron chi connectivity index (χ3n) is 4.03. The van der Waals surface area contributed by atoms with Gasteiger partial charge in [-0.1, -0.05) is 11.2 Å². The number of amides is 1. The molecule has 1 saturated heterocycles. The van der Waals surface area contributed by atoms with E-state index < -0.39 is 0 Å². The second kappa shape index (κ2) is 7.72. The summed E-state index contributed by atoms with van der Waals surface area (Å²) in [6.45, 7) is 3.49. The molecular formula is C16H22N4O2S. The summed E-state index contributed by atoms with van der Waals surface area (Å²) >= 11 is 1.64. The van der Waals surface area contributed by atoms with Gasteiger partial charge in [-0.15, -0.1) is 11.3 Å². The zero-order valence-electron chi connectivity index (χ0n) is 13.0. The molecule has 0 aliphatic carbocycles. The summed E-state index contributed by atoms with van der Waals surface area (Å²) in [7, 11) is 0. The van der Waals surface area contributed by atoms with Crippen LogP contribution in [0.2, 0.25) is 0 Å². The molecule has 1 fully saturated rings. The fraction of sp³-hybridized carbons (Fsp3) is 0.500. The Bertz CT molecular complexity index is 626. The van der Waals surface area contributed by atoms with E-state index >= 15 is 0 Å². The highest BCUT2D eigenvalue weighted by Crippen LogP contribution is 2.26. The number of nitrogens with two attached hydrogens (primary N) is 1. The summed E-state index contributed by atoms with van der Waals surface area (Å²) in [6.07, 6.45) is 1.96. The number of likely N-dealkylation sites (tertiary alicyclic amines) is 1. The van der Waals surface area contributed by atoms with Crippen LogP contribution in [0.3, 0.4) is 0 Å². The van der Waals surface area contributed by atoms with Crippen molar-refractivity contribution >= 4 is 17.2 Å². The first-order chi connectivity index (χ1) is 11.3. The van der Waals surface area contributed by atoms with E-state index in [4.69, 9.17) is 10.3 Å². The molecule has 1 aliphatic heterocycles. The third kappa shape index (κ3) is 4.19. The molecule has 0 bridgehead atoms. The summed E-state index contributed by atoms with van der Waals surface area (Å²) < 4.78 is 5.42. The normalized spacial score (nSPS) is 18.9. The minimum Gasteiger partial charge on any atom is -0.355 e. The minimum absolute atomic E-state index is 0.0407. The number of hydrogen-bond donors (Lipinski definition) is 2. The quantitative estimate of drug-likeness (QED) is 0.840. The number of rotatable bonds is 6. The molecular weight excluding hydrogens is 312 g/mol. The second-order valence-electron chi connectivity index (χ2n) is 5.81. The van der Waals surface area contributed by atoms with E-state index in [0.29, 0.717) is 13.1 Å². The van der Waals surface area contributed by atoms with Crippen molar-refractivity contribution in [3.05, 3.63) is 29.3 Å². The lowest BCUT2D eigenvalue weighted by Crippen LogP contribution is -2.43. The van der Waals surface area contributed by atoms with Crippen LogP contribution in [-0.2, 0) is 11.3 Å². The van der Waals surface area contributed by atoms with Crippen LogP contribution in [0.1, 0.15) is 18.5 Å². The van der Waals surface area contributed by atoms with Gasteiger partial charge in [0, 0.05) is 32.2 Å². The van der Waals surface area contributed by atoms with Crippen LogP contribution in [0.15, 0.2) is 28.1 Å². The zero-order chi connectivity index (χ0) is 16.1. The predicted molar refractivity (Wildman–Crippen MR) is 89.9 cm³/mol. The van der Waals surface area contributed by atoms with Crippen molar-refractivity contribution in [1.82, 2.24) is 15.4 Å². The highest BCUT2D eigenvalue weighted by molar-refractivity contribution is 7.13. The molecule has 1 atom stereocenters. The number of nitrogens with zero attached hydrogens (tertiary/aromatic N) is 2. The van der Waals surface area contributed by atoms with Crippen molar-refractivity contribution in [2.75, 3.05) is 26.2 Å². The molecule has 6 nitrogen and oxygen atoms in total. The van der Waals surface area contributed by atoms with E-state index in [1.165, 1.54) is 0 Å². The Morgan fingerprint density at radius 2 is 2.48 bits per heavy atom. The maximum absolute atomic E-state index is 12.1. The average molecular weight is 334 g/mol. The van der Waals surface area contributed by atoms with Crippen molar-refractivity contribution < 1.29 is 9.32 Å². The number of carbonyl (C=O) groups excluding carboxylic acids is 1. The largest absolute Gasteiger partial charge is 0.355 e. The summed E-state index contributed by atoms with van der Waals surface area (Å²) in [5, 5.41) is 9.06. The van der Waals surface area contributed by atoms with Crippen LogP contribution in [0.5, 0.6) is 0 Å². The Kier molecular flexibility index (Phi) is 5.43. The van der Waals surface area contributed by atoms with Gasteiger partial charge in [0.25, 0.3) is 0 Å². The van der Waals surface area contributed by atoms with Crippen LogP contribution in [0.4, 0.5) is 0 Å². The molecule has 1 unspecified atom stereocenters. The van der Waals surface area contributed by atoms with Gasteiger partial charge in [-0.2, -0.15) is 0 Å². The van der Waals surface area contributed by atoms with Crippen LogP contribution < -0.4 is 11.1 Å². The van der Waals surface area contributed by atoms with Gasteiger partial charge < -0.3 is 15.6 Å². The smallest absolute Gasteiger partial charge is 0.224 e. The number of aromatic nitrogens is 1. The van der Waals surface area contributed by atoms with E-state index in [0.717, 1.165) is 48.8 Å². The van der Waals surface area contributed by atoms with Gasteiger partial charge in [0.05, 0.1) is 16.5 Å². The molecule has 124 valence electrons. The Labute approximate surface area is 139 Å². The van der Waals surface area contributed by atoms with Crippen LogP contribution in [0.25, 0.3) is 10.6 Å². The number of thiophene rings is 1. The lowest BCUT2D eigenvalue weighted by Gasteiger charge is -2.31. The highest BCUT2D eigenvalue weighted by atomic mass is 32.1. The van der Waals surface area contributed by atoms with E-state index in [-0.39, 0.29) is 11.8 Å². The lowest BCUT2D eigenvalue weighted by atomic mass is 9.97. The van der Waals surface area contributed by atoms with Gasteiger partial charge >= 0.3 is 0 Å². The molecule has 7 heteroatoms. The van der Waals surface area contributed by atoms with Crippen molar-refractivity contribution in [2.24, 2.45) is 11.7 Å². The summed E-state index contributed by atoms with van der Waals surface area (Å²) in [4.78, 5) is 15.4. The molecule has 0 saturated carbocycles. The van der Waals surface area contributed by atoms with Gasteiger partial charge in [0.1, 0.15) is 0 Å². The molecule has 3 rings (SSSR count). The van der Waals surface area contributed by atoms with Gasteiger partial charge in [-0.3, -0.25) is 9.69 Å². The van der Waals surface area contributed by atoms with Crippen LogP contribution >= 0.6 is 11.3 Å². The molecule has 3 heterocycles. The van der Waals surface area contributed by atoms with Gasteiger partial charge in [0.2, 0.25) is 5.91 Å². The molecule has 0 aromatic carbocycles. The van der Waals surface area contributed by atoms with Crippen LogP contribution in [0, 0.1) is 5.92 Å². The maximum atomic E-state index is 12.1. The molecule has 2 aromatic heterocycles. The van der Waals surface area contributed by atoms with Gasteiger partial charge in [-0.25, -0.2) is 0 Å². The van der Waals surface area contributed by atoms with Crippen molar-refractivity contribution in [3.63, 3.8) is 0 Å². The lowest BCUT2D eigenvalue weighted by molar-refractivity contribution is -0.126. The Balaban J connectivity index is 1.56. The first-order valence-electron chi connectivity index (χ1n) is 7.96. The number of carbonyl (C=O) groups is 1. The van der Waals surface area contributed by atoms with Gasteiger partial charge in [-0.05, 0) is 30.8 Å². The maximum Gasteiger partial charge on any atom is 0.224 e. The Hall–Kier alpha value is -1.70. The van der Waals surface area contributed by atoms with E-state index in [2.05, 4.69) is 15.4 Å². The zero-order valence-corrected chi connectivity index (χ0v) is 13.8. The fourth-order valence-electron chi connectivity index (χ4n) is 2.90. The fourth-order valence-corrected chi connectivity index (χ4v) is 3.58. The number of hydrogen-bond acceptors (Lipinski definition) is 6. The molecule has 1 amide bonds. The monoisotopic (exact) mass is 334 g/mol. The standard InChI is InChI=1S/C16H22N4O2S/c17-5-6-18-16(21)12-3-1-7-20(10-12)11-13-9-14(22-19-13)15-4-2-8-23-15/h2,4,8-9,12H,1,3,5-7,10-11,17H2,(H,18,21). The van der Waals surface area contributed by atoms with Crippen LogP contribution in [-0.4, -0.2) is 42.1 Å². The first kappa shape index (κ1) is 16.2. The Morgan fingerprint density at radius 3 is 3.26 bits per heavy atom. The highest BCUT2D eigenvalue weighted by Gasteiger charge is 2.26. The van der Waals surface area contributed by atoms with E-state index in [1.54, 1.807) is 11.3 Å². The second-order valence-corrected chi connectivity index (χ2v) is 6.76. The predicted octanol–water partition coefficient (Wildman–Crippen LogP) is 1.69. The summed E-state index contributed by atoms with van der Waals surface area (Å²) in [6, 6.07) is 6.01. The number of piperidine rings is 1. The van der Waals surface area contributed by atoms with Crippen molar-refractivity contribution in [3.8, 4) is 10.6 Å². The molecule has 2 aromatic rings. The summed E-state index contributed by atoms with van der Waals surface area (Å²) in [5.74, 6) is 0.961. The Morgan fingerprint density at radius 1 is 1.57 bits per heavy atom. The van der Waals surface area contributed by atoms with Gasteiger partial charge in [0.15, 0.2) is 5.76 Å². The molecule has 3 N–H and O–H groups in total. The third-order valence-corrected chi connectivity index (χ3v) is 4.91. The molecule has 0 spiro atoms. The molecule has 23 heavy (non-hydrogen) atoms. The van der Waals surface area contributed by atoms with Crippen molar-refractivity contribution in [1.29, 1.82) is 0 Å². The number of nitrogens with one attached hydrogen (secondary N) is 1. The average Bonchev–Trinajstić information content (AvgIpc) is 3.24. The topological polar surface area (TPSA) is 84.4 Å². The SMILES string of the molecule is NCCNC(=O)C1CCCN(Cc2cc(-c3cccs3)on2)C1. The van der Waals surface area contributed by atoms with Crippen molar-refractivity contribution in [2.45, 2.75) is 19.4 Å². The molecule has 0 radical (unpaired) electrons. The minimum atomic E-state index is 0.0407. The van der Waals surface area contributed by atoms with E-state index in [1.807, 2.05) is 23.6 Å². The summed E-state index contributed by atoms with van der Waals surface area (Å²) in [5.41, 5.74) is 6.35. The first-order valence-corrected chi connectivity index (χ1v) is 8.84.